The first kappa shape index (κ1) is 16.7. The standard InChI is InChI=1S/C18H22N2O3/c1-11-5-6-15(14(19)7-11)20-18(21)10-13-9-17(23-4)16(22-3)8-12(13)2/h5-9H,10,19H2,1-4H3,(H,20,21). The lowest BCUT2D eigenvalue weighted by atomic mass is 10.0. The Balaban J connectivity index is 2.17. The molecule has 2 aromatic carbocycles. The molecule has 2 rings (SSSR count). The molecule has 0 heterocycles. The van der Waals surface area contributed by atoms with Crippen LogP contribution in [0.5, 0.6) is 11.5 Å². The van der Waals surface area contributed by atoms with Crippen molar-refractivity contribution in [3.05, 3.63) is 47.0 Å². The molecule has 0 saturated heterocycles. The SMILES string of the molecule is COc1cc(C)c(CC(=O)Nc2ccc(C)cc2N)cc1OC. The van der Waals surface area contributed by atoms with Crippen LogP contribution < -0.4 is 20.5 Å². The minimum absolute atomic E-state index is 0.129. The summed E-state index contributed by atoms with van der Waals surface area (Å²) in [5, 5.41) is 2.84. The monoisotopic (exact) mass is 314 g/mol. The maximum absolute atomic E-state index is 12.3. The summed E-state index contributed by atoms with van der Waals surface area (Å²) in [5.41, 5.74) is 10.0. The van der Waals surface area contributed by atoms with Crippen LogP contribution >= 0.6 is 0 Å². The third kappa shape index (κ3) is 3.94. The molecule has 0 radical (unpaired) electrons. The molecule has 122 valence electrons. The normalized spacial score (nSPS) is 10.3. The molecular formula is C18H22N2O3. The Morgan fingerprint density at radius 2 is 1.74 bits per heavy atom. The Morgan fingerprint density at radius 3 is 2.35 bits per heavy atom. The number of benzene rings is 2. The Kier molecular flexibility index (Phi) is 5.11. The summed E-state index contributed by atoms with van der Waals surface area (Å²) in [4.78, 5) is 12.3. The van der Waals surface area contributed by atoms with Crippen molar-refractivity contribution in [2.75, 3.05) is 25.3 Å². The fourth-order valence-corrected chi connectivity index (χ4v) is 2.38. The molecule has 0 saturated carbocycles. The number of aryl methyl sites for hydroxylation is 2. The maximum atomic E-state index is 12.3. The third-order valence-electron chi connectivity index (χ3n) is 3.67. The highest BCUT2D eigenvalue weighted by molar-refractivity contribution is 5.95. The smallest absolute Gasteiger partial charge is 0.228 e. The van der Waals surface area contributed by atoms with Crippen LogP contribution in [0.4, 0.5) is 11.4 Å². The summed E-state index contributed by atoms with van der Waals surface area (Å²) in [6, 6.07) is 9.24. The van der Waals surface area contributed by atoms with Crippen LogP contribution in [0.15, 0.2) is 30.3 Å². The summed E-state index contributed by atoms with van der Waals surface area (Å²) in [7, 11) is 3.16. The van der Waals surface area contributed by atoms with E-state index >= 15 is 0 Å². The van der Waals surface area contributed by atoms with Gasteiger partial charge in [-0.15, -0.1) is 0 Å². The van der Waals surface area contributed by atoms with E-state index in [0.717, 1.165) is 16.7 Å². The lowest BCUT2D eigenvalue weighted by Gasteiger charge is -2.13. The molecule has 0 aliphatic heterocycles. The van der Waals surface area contributed by atoms with Gasteiger partial charge in [-0.05, 0) is 54.8 Å². The first-order chi connectivity index (χ1) is 10.9. The van der Waals surface area contributed by atoms with Gasteiger partial charge in [0.25, 0.3) is 0 Å². The molecule has 0 bridgehead atoms. The largest absolute Gasteiger partial charge is 0.493 e. The highest BCUT2D eigenvalue weighted by Crippen LogP contribution is 2.30. The fraction of sp³-hybridized carbons (Fsp3) is 0.278. The average Bonchev–Trinajstić information content (AvgIpc) is 2.51. The van der Waals surface area contributed by atoms with E-state index in [1.807, 2.05) is 44.2 Å². The van der Waals surface area contributed by atoms with Crippen molar-refractivity contribution < 1.29 is 14.3 Å². The zero-order valence-electron chi connectivity index (χ0n) is 13.9. The highest BCUT2D eigenvalue weighted by atomic mass is 16.5. The van der Waals surface area contributed by atoms with E-state index in [4.69, 9.17) is 15.2 Å². The van der Waals surface area contributed by atoms with E-state index in [9.17, 15) is 4.79 Å². The molecule has 2 aromatic rings. The first-order valence-electron chi connectivity index (χ1n) is 7.32. The second kappa shape index (κ2) is 7.05. The number of hydrogen-bond donors (Lipinski definition) is 2. The molecule has 0 aliphatic carbocycles. The van der Waals surface area contributed by atoms with Gasteiger partial charge in [-0.3, -0.25) is 4.79 Å². The van der Waals surface area contributed by atoms with Crippen LogP contribution in [0, 0.1) is 13.8 Å². The minimum Gasteiger partial charge on any atom is -0.493 e. The van der Waals surface area contributed by atoms with Crippen molar-refractivity contribution in [2.24, 2.45) is 0 Å². The fourth-order valence-electron chi connectivity index (χ4n) is 2.38. The van der Waals surface area contributed by atoms with Gasteiger partial charge in [-0.2, -0.15) is 0 Å². The number of nitrogens with one attached hydrogen (secondary N) is 1. The van der Waals surface area contributed by atoms with Gasteiger partial charge in [-0.1, -0.05) is 6.07 Å². The van der Waals surface area contributed by atoms with E-state index in [0.29, 0.717) is 22.9 Å². The molecule has 0 aromatic heterocycles. The molecule has 5 heteroatoms. The summed E-state index contributed by atoms with van der Waals surface area (Å²) in [5.74, 6) is 1.13. The van der Waals surface area contributed by atoms with Gasteiger partial charge in [0, 0.05) is 0 Å². The zero-order chi connectivity index (χ0) is 17.0. The number of nitrogen functional groups attached to an aromatic ring is 1. The second-order valence-corrected chi connectivity index (χ2v) is 5.45. The van der Waals surface area contributed by atoms with Crippen LogP contribution in [0.2, 0.25) is 0 Å². The number of hydrogen-bond acceptors (Lipinski definition) is 4. The Bertz CT molecular complexity index is 726. The number of amides is 1. The maximum Gasteiger partial charge on any atom is 0.228 e. The number of nitrogens with two attached hydrogens (primary N) is 1. The average molecular weight is 314 g/mol. The van der Waals surface area contributed by atoms with Crippen molar-refractivity contribution in [1.29, 1.82) is 0 Å². The molecule has 1 amide bonds. The van der Waals surface area contributed by atoms with Crippen molar-refractivity contribution in [3.63, 3.8) is 0 Å². The quantitative estimate of drug-likeness (QED) is 0.832. The molecule has 23 heavy (non-hydrogen) atoms. The van der Waals surface area contributed by atoms with E-state index in [-0.39, 0.29) is 12.3 Å². The van der Waals surface area contributed by atoms with Gasteiger partial charge < -0.3 is 20.5 Å². The minimum atomic E-state index is -0.129. The van der Waals surface area contributed by atoms with Crippen molar-refractivity contribution >= 4 is 17.3 Å². The van der Waals surface area contributed by atoms with Crippen LogP contribution in [-0.2, 0) is 11.2 Å². The van der Waals surface area contributed by atoms with Crippen molar-refractivity contribution in [1.82, 2.24) is 0 Å². The van der Waals surface area contributed by atoms with Crippen LogP contribution in [-0.4, -0.2) is 20.1 Å². The second-order valence-electron chi connectivity index (χ2n) is 5.45. The van der Waals surface area contributed by atoms with E-state index in [1.54, 1.807) is 14.2 Å². The van der Waals surface area contributed by atoms with E-state index < -0.39 is 0 Å². The van der Waals surface area contributed by atoms with Crippen molar-refractivity contribution in [2.45, 2.75) is 20.3 Å². The molecule has 3 N–H and O–H groups in total. The number of ether oxygens (including phenoxy) is 2. The molecule has 0 aliphatic rings. The summed E-state index contributed by atoms with van der Waals surface area (Å²) >= 11 is 0. The van der Waals surface area contributed by atoms with E-state index in [2.05, 4.69) is 5.32 Å². The molecule has 0 spiro atoms. The number of rotatable bonds is 5. The molecule has 0 unspecified atom stereocenters. The van der Waals surface area contributed by atoms with Crippen LogP contribution in [0.25, 0.3) is 0 Å². The van der Waals surface area contributed by atoms with Gasteiger partial charge >= 0.3 is 0 Å². The van der Waals surface area contributed by atoms with Gasteiger partial charge in [-0.25, -0.2) is 0 Å². The number of methoxy groups -OCH3 is 2. The number of carbonyl (C=O) groups is 1. The first-order valence-corrected chi connectivity index (χ1v) is 7.32. The van der Waals surface area contributed by atoms with Gasteiger partial charge in [0.15, 0.2) is 11.5 Å². The predicted molar refractivity (Wildman–Crippen MR) is 92.2 cm³/mol. The summed E-state index contributed by atoms with van der Waals surface area (Å²) in [6.07, 6.45) is 0.236. The number of carbonyl (C=O) groups excluding carboxylic acids is 1. The Morgan fingerprint density at radius 1 is 1.09 bits per heavy atom. The Hall–Kier alpha value is -2.69. The van der Waals surface area contributed by atoms with Gasteiger partial charge in [0.05, 0.1) is 32.0 Å². The van der Waals surface area contributed by atoms with Crippen LogP contribution in [0.3, 0.4) is 0 Å². The molecular weight excluding hydrogens is 292 g/mol. The zero-order valence-corrected chi connectivity index (χ0v) is 13.9. The molecule has 0 fully saturated rings. The highest BCUT2D eigenvalue weighted by Gasteiger charge is 2.12. The lowest BCUT2D eigenvalue weighted by molar-refractivity contribution is -0.115. The van der Waals surface area contributed by atoms with Crippen molar-refractivity contribution in [3.8, 4) is 11.5 Å². The van der Waals surface area contributed by atoms with Crippen LogP contribution in [0.1, 0.15) is 16.7 Å². The predicted octanol–water partition coefficient (Wildman–Crippen LogP) is 3.08. The van der Waals surface area contributed by atoms with E-state index in [1.165, 1.54) is 0 Å². The number of anilines is 2. The summed E-state index contributed by atoms with van der Waals surface area (Å²) < 4.78 is 10.5. The molecule has 5 nitrogen and oxygen atoms in total. The molecule has 0 atom stereocenters. The Labute approximate surface area is 136 Å². The summed E-state index contributed by atoms with van der Waals surface area (Å²) in [6.45, 7) is 3.89. The topological polar surface area (TPSA) is 73.6 Å². The lowest BCUT2D eigenvalue weighted by Crippen LogP contribution is -2.16. The van der Waals surface area contributed by atoms with Gasteiger partial charge in [0.2, 0.25) is 5.91 Å². The third-order valence-corrected chi connectivity index (χ3v) is 3.67. The van der Waals surface area contributed by atoms with Gasteiger partial charge in [0.1, 0.15) is 0 Å².